The van der Waals surface area contributed by atoms with Gasteiger partial charge >= 0.3 is 0 Å². The van der Waals surface area contributed by atoms with Crippen LogP contribution in [0.5, 0.6) is 0 Å². The maximum absolute atomic E-state index is 14.8. The third-order valence-electron chi connectivity index (χ3n) is 13.9. The lowest BCUT2D eigenvalue weighted by Gasteiger charge is -2.27. The number of hydrogen-bond donors (Lipinski definition) is 0. The third-order valence-corrected chi connectivity index (χ3v) is 23.5. The van der Waals surface area contributed by atoms with Crippen LogP contribution in [0.15, 0.2) is 161 Å². The van der Waals surface area contributed by atoms with Gasteiger partial charge in [0.05, 0.1) is 29.2 Å². The molecule has 0 aliphatic heterocycles. The molecule has 0 saturated carbocycles. The van der Waals surface area contributed by atoms with E-state index in [-0.39, 0.29) is 56.8 Å². The second-order valence-electron chi connectivity index (χ2n) is 23.6. The minimum atomic E-state index is -4.27. The Labute approximate surface area is 464 Å². The lowest BCUT2D eigenvalue weighted by molar-refractivity contribution is 0.446. The molecule has 4 rings (SSSR count). The minimum Gasteiger partial charge on any atom is -0.244 e. The molecule has 0 aliphatic carbocycles. The number of benzene rings is 4. The summed E-state index contributed by atoms with van der Waals surface area (Å²) in [5.74, 6) is 0.483. The van der Waals surface area contributed by atoms with Crippen molar-refractivity contribution in [3.05, 3.63) is 167 Å². The zero-order valence-electron chi connectivity index (χ0n) is 49.5. The van der Waals surface area contributed by atoms with Gasteiger partial charge in [-0.25, -0.2) is 8.42 Å². The van der Waals surface area contributed by atoms with Gasteiger partial charge in [0.2, 0.25) is 0 Å². The Kier molecular flexibility index (Phi) is 23.8. The van der Waals surface area contributed by atoms with E-state index in [2.05, 4.69) is 60.5 Å². The van der Waals surface area contributed by atoms with Gasteiger partial charge in [-0.2, -0.15) is 16.8 Å². The van der Waals surface area contributed by atoms with Crippen LogP contribution in [0.3, 0.4) is 0 Å². The number of sulfonamides is 2. The molecule has 76 heavy (non-hydrogen) atoms. The molecule has 0 saturated heterocycles. The Balaban J connectivity index is 0.000000400. The first-order chi connectivity index (χ1) is 35.1. The molecule has 0 N–H and O–H groups in total. The van der Waals surface area contributed by atoms with Crippen LogP contribution in [0.25, 0.3) is 0 Å². The van der Waals surface area contributed by atoms with Crippen molar-refractivity contribution in [3.8, 4) is 0 Å². The lowest BCUT2D eigenvalue weighted by atomic mass is 9.87. The van der Waals surface area contributed by atoms with Gasteiger partial charge in [-0.05, 0) is 157 Å². The first-order valence-electron chi connectivity index (χ1n) is 27.1. The van der Waals surface area contributed by atoms with Crippen molar-refractivity contribution in [1.29, 1.82) is 0 Å². The second-order valence-corrected chi connectivity index (χ2v) is 31.6. The van der Waals surface area contributed by atoms with Gasteiger partial charge in [0, 0.05) is 21.3 Å². The van der Waals surface area contributed by atoms with Crippen molar-refractivity contribution in [2.24, 2.45) is 18.4 Å². The zero-order chi connectivity index (χ0) is 57.8. The molecule has 0 radical (unpaired) electrons. The summed E-state index contributed by atoms with van der Waals surface area (Å²) >= 11 is 0. The molecule has 0 aliphatic rings. The summed E-state index contributed by atoms with van der Waals surface area (Å²) in [7, 11) is -15.3. The molecular formula is C64H94N2O6S4. The molecule has 0 amide bonds. The van der Waals surface area contributed by atoms with Gasteiger partial charge in [-0.1, -0.05) is 193 Å². The normalized spacial score (nSPS) is 15.3. The van der Waals surface area contributed by atoms with Crippen LogP contribution in [0, 0.1) is 10.8 Å². The van der Waals surface area contributed by atoms with Gasteiger partial charge in [0.1, 0.15) is 0 Å². The lowest BCUT2D eigenvalue weighted by Crippen LogP contribution is -2.26. The van der Waals surface area contributed by atoms with Crippen molar-refractivity contribution in [2.45, 2.75) is 205 Å². The molecule has 0 spiro atoms. The average molecular weight is 1120 g/mol. The van der Waals surface area contributed by atoms with Crippen molar-refractivity contribution >= 4 is 39.5 Å². The molecule has 0 fully saturated rings. The predicted octanol–water partition coefficient (Wildman–Crippen LogP) is 18.4. The molecule has 4 atom stereocenters. The predicted molar refractivity (Wildman–Crippen MR) is 326 cm³/mol. The number of hydrogen-bond acceptors (Lipinski definition) is 6. The molecule has 0 aromatic heterocycles. The first-order valence-corrected chi connectivity index (χ1v) is 33.4. The van der Waals surface area contributed by atoms with Crippen LogP contribution in [0.1, 0.15) is 219 Å². The van der Waals surface area contributed by atoms with Gasteiger partial charge in [-0.3, -0.25) is 0 Å². The van der Waals surface area contributed by atoms with E-state index < -0.39 is 50.3 Å². The number of nitrogens with zero attached hydrogens (tertiary/aromatic N) is 2. The molecule has 0 bridgehead atoms. The van der Waals surface area contributed by atoms with E-state index in [1.165, 1.54) is 11.1 Å². The number of rotatable bonds is 24. The molecule has 0 heterocycles. The zero-order valence-corrected chi connectivity index (χ0v) is 52.8. The summed E-state index contributed by atoms with van der Waals surface area (Å²) in [5.41, 5.74) is 6.39. The molecular weight excluding hydrogens is 1020 g/mol. The molecule has 4 aromatic carbocycles. The molecule has 420 valence electrons. The van der Waals surface area contributed by atoms with E-state index in [0.29, 0.717) is 22.6 Å². The summed E-state index contributed by atoms with van der Waals surface area (Å²) < 4.78 is 95.3. The van der Waals surface area contributed by atoms with E-state index in [1.807, 2.05) is 133 Å². The van der Waals surface area contributed by atoms with Crippen molar-refractivity contribution in [2.75, 3.05) is 11.5 Å². The molecule has 8 nitrogen and oxygen atoms in total. The van der Waals surface area contributed by atoms with E-state index in [4.69, 9.17) is 0 Å². The Hall–Kier alpha value is -4.36. The van der Waals surface area contributed by atoms with Gasteiger partial charge < -0.3 is 0 Å². The highest BCUT2D eigenvalue weighted by molar-refractivity contribution is 8.04. The smallest absolute Gasteiger partial charge is 0.244 e. The van der Waals surface area contributed by atoms with Crippen LogP contribution >= 0.6 is 0 Å². The van der Waals surface area contributed by atoms with E-state index in [1.54, 1.807) is 60.7 Å². The van der Waals surface area contributed by atoms with Crippen LogP contribution in [-0.2, 0) is 39.5 Å². The largest absolute Gasteiger partial charge is 0.290 e. The maximum atomic E-state index is 14.8. The second kappa shape index (κ2) is 27.5. The quantitative estimate of drug-likeness (QED) is 0.0643. The standard InChI is InChI=1S/2C32H47NO3S2/c2*1-11-32(10,19-15-16-23(2)3)22-37(34,28-17-13-12-14-18-28)33-38(35,36)31-29(25(6)7)20-27(24(4)5)21-30(31)26(8)9/h2*11-14,16-18,20-21,24-26H,1,15,19,22H2,2-10H3/t2*32-,37-/m00/s1. The highest BCUT2D eigenvalue weighted by Crippen LogP contribution is 2.41. The SMILES string of the molecule is C=C[C@@](C)(CCC=C(C)C)C[S@@](=O)(=NS(=O)(=O)c1c(C(C)C)cc(C(C)C)cc1C(C)C)c1ccccc1.C=C[C@@](C)(CCC=C(C)C)C[S@@](=O)(=NS(=O)(=O)c1c(C(C)C)cc(C(C)C)cc1C(C)C)c1ccccc1. The highest BCUT2D eigenvalue weighted by Gasteiger charge is 2.35. The Morgan fingerprint density at radius 3 is 0.934 bits per heavy atom. The Morgan fingerprint density at radius 1 is 0.461 bits per heavy atom. The first kappa shape index (κ1) is 65.9. The van der Waals surface area contributed by atoms with Crippen molar-refractivity contribution in [3.63, 3.8) is 0 Å². The highest BCUT2D eigenvalue weighted by atomic mass is 32.3. The fourth-order valence-corrected chi connectivity index (χ4v) is 19.5. The average Bonchev–Trinajstić information content (AvgIpc) is 3.33. The Morgan fingerprint density at radius 2 is 0.724 bits per heavy atom. The topological polar surface area (TPSA) is 127 Å². The van der Waals surface area contributed by atoms with Gasteiger partial charge in [0.25, 0.3) is 20.0 Å². The van der Waals surface area contributed by atoms with E-state index in [9.17, 15) is 25.3 Å². The molecule has 12 heteroatoms. The fourth-order valence-electron chi connectivity index (χ4n) is 9.08. The third kappa shape index (κ3) is 17.8. The van der Waals surface area contributed by atoms with Crippen LogP contribution in [-0.4, -0.2) is 36.8 Å². The summed E-state index contributed by atoms with van der Waals surface area (Å²) in [6.07, 6.45) is 10.8. The van der Waals surface area contributed by atoms with Gasteiger partial charge in [0.15, 0.2) is 0 Å². The summed E-state index contributed by atoms with van der Waals surface area (Å²) in [6.45, 7) is 44.6. The van der Waals surface area contributed by atoms with Crippen molar-refractivity contribution < 1.29 is 25.3 Å². The van der Waals surface area contributed by atoms with Gasteiger partial charge in [-0.15, -0.1) is 20.7 Å². The summed E-state index contributed by atoms with van der Waals surface area (Å²) in [5, 5.41) is 0. The van der Waals surface area contributed by atoms with E-state index >= 15 is 0 Å². The van der Waals surface area contributed by atoms with Crippen LogP contribution in [0.2, 0.25) is 0 Å². The van der Waals surface area contributed by atoms with Crippen LogP contribution in [0.4, 0.5) is 0 Å². The molecule has 0 unspecified atom stereocenters. The molecule has 4 aromatic rings. The number of allylic oxidation sites excluding steroid dienone is 6. The van der Waals surface area contributed by atoms with Crippen LogP contribution < -0.4 is 0 Å². The minimum absolute atomic E-state index is 0.0403. The van der Waals surface area contributed by atoms with E-state index in [0.717, 1.165) is 46.2 Å². The van der Waals surface area contributed by atoms with Crippen molar-refractivity contribution in [1.82, 2.24) is 0 Å². The summed E-state index contributed by atoms with van der Waals surface area (Å²) in [4.78, 5) is 1.27. The monoisotopic (exact) mass is 1110 g/mol. The maximum Gasteiger partial charge on any atom is 0.290 e. The Bertz CT molecular complexity index is 2900. The fraction of sp³-hybridized carbons (Fsp3) is 0.500. The summed E-state index contributed by atoms with van der Waals surface area (Å²) in [6, 6.07) is 25.6.